The number of nitrogens with zero attached hydrogens (tertiary/aromatic N) is 2. The SMILES string of the molecule is COC(=O)CCc1ccc(-c2cn(C)c(CCC3CCNCC3)n2)cc1. The fourth-order valence-corrected chi connectivity index (χ4v) is 3.57. The minimum Gasteiger partial charge on any atom is -0.469 e. The Balaban J connectivity index is 1.59. The van der Waals surface area contributed by atoms with Gasteiger partial charge < -0.3 is 14.6 Å². The zero-order valence-corrected chi connectivity index (χ0v) is 15.8. The lowest BCUT2D eigenvalue weighted by molar-refractivity contribution is -0.140. The molecule has 1 fully saturated rings. The van der Waals surface area contributed by atoms with Crippen molar-refractivity contribution in [1.29, 1.82) is 0 Å². The third kappa shape index (κ3) is 4.94. The lowest BCUT2D eigenvalue weighted by atomic mass is 9.93. The second-order valence-electron chi connectivity index (χ2n) is 7.16. The maximum Gasteiger partial charge on any atom is 0.305 e. The van der Waals surface area contributed by atoms with Crippen molar-refractivity contribution in [1.82, 2.24) is 14.9 Å². The largest absolute Gasteiger partial charge is 0.469 e. The Morgan fingerprint density at radius 3 is 2.65 bits per heavy atom. The highest BCUT2D eigenvalue weighted by molar-refractivity contribution is 5.69. The molecule has 0 atom stereocenters. The van der Waals surface area contributed by atoms with Gasteiger partial charge in [-0.05, 0) is 50.3 Å². The van der Waals surface area contributed by atoms with E-state index in [1.54, 1.807) is 0 Å². The number of imidazole rings is 1. The molecule has 2 heterocycles. The molecular formula is C21H29N3O2. The summed E-state index contributed by atoms with van der Waals surface area (Å²) in [5.41, 5.74) is 3.28. The van der Waals surface area contributed by atoms with Crippen LogP contribution in [0.5, 0.6) is 0 Å². The monoisotopic (exact) mass is 355 g/mol. The summed E-state index contributed by atoms with van der Waals surface area (Å²) in [6, 6.07) is 8.32. The Kier molecular flexibility index (Phi) is 6.45. The molecule has 0 saturated carbocycles. The second-order valence-corrected chi connectivity index (χ2v) is 7.16. The van der Waals surface area contributed by atoms with Gasteiger partial charge in [0, 0.05) is 31.6 Å². The Labute approximate surface area is 155 Å². The summed E-state index contributed by atoms with van der Waals surface area (Å²) in [5.74, 6) is 1.82. The molecule has 140 valence electrons. The van der Waals surface area contributed by atoms with Gasteiger partial charge in [-0.15, -0.1) is 0 Å². The standard InChI is InChI=1S/C21H29N3O2/c1-24-15-19(23-20(24)9-5-17-11-13-22-14-12-17)18-7-3-16(4-8-18)6-10-21(25)26-2/h3-4,7-8,15,17,22H,5-6,9-14H2,1-2H3. The lowest BCUT2D eigenvalue weighted by Crippen LogP contribution is -2.28. The second kappa shape index (κ2) is 8.99. The first kappa shape index (κ1) is 18.6. The molecule has 1 saturated heterocycles. The van der Waals surface area contributed by atoms with E-state index in [1.165, 1.54) is 26.4 Å². The number of hydrogen-bond acceptors (Lipinski definition) is 4. The zero-order valence-electron chi connectivity index (χ0n) is 15.8. The minimum atomic E-state index is -0.169. The zero-order chi connectivity index (χ0) is 18.4. The fourth-order valence-electron chi connectivity index (χ4n) is 3.57. The first-order valence-electron chi connectivity index (χ1n) is 9.55. The van der Waals surface area contributed by atoms with Crippen molar-refractivity contribution in [3.63, 3.8) is 0 Å². The van der Waals surface area contributed by atoms with E-state index in [-0.39, 0.29) is 5.97 Å². The number of aromatic nitrogens is 2. The Morgan fingerprint density at radius 1 is 1.23 bits per heavy atom. The first-order chi connectivity index (χ1) is 12.7. The lowest BCUT2D eigenvalue weighted by Gasteiger charge is -2.22. The number of nitrogens with one attached hydrogen (secondary N) is 1. The van der Waals surface area contributed by atoms with Crippen molar-refractivity contribution in [3.05, 3.63) is 41.9 Å². The smallest absolute Gasteiger partial charge is 0.305 e. The normalized spacial score (nSPS) is 15.2. The van der Waals surface area contributed by atoms with Crippen LogP contribution in [0, 0.1) is 5.92 Å². The van der Waals surface area contributed by atoms with Crippen LogP contribution in [0.2, 0.25) is 0 Å². The molecule has 5 heteroatoms. The van der Waals surface area contributed by atoms with Crippen LogP contribution < -0.4 is 5.32 Å². The van der Waals surface area contributed by atoms with Crippen molar-refractivity contribution in [3.8, 4) is 11.3 Å². The van der Waals surface area contributed by atoms with Gasteiger partial charge in [0.05, 0.1) is 12.8 Å². The van der Waals surface area contributed by atoms with Crippen LogP contribution in [0.3, 0.4) is 0 Å². The molecule has 1 aromatic heterocycles. The van der Waals surface area contributed by atoms with Crippen LogP contribution >= 0.6 is 0 Å². The van der Waals surface area contributed by atoms with Gasteiger partial charge in [-0.2, -0.15) is 0 Å². The van der Waals surface area contributed by atoms with Crippen molar-refractivity contribution in [2.24, 2.45) is 13.0 Å². The van der Waals surface area contributed by atoms with Crippen LogP contribution in [0.15, 0.2) is 30.5 Å². The van der Waals surface area contributed by atoms with E-state index in [0.717, 1.165) is 48.1 Å². The molecular weight excluding hydrogens is 326 g/mol. The third-order valence-corrected chi connectivity index (χ3v) is 5.30. The van der Waals surface area contributed by atoms with Crippen LogP contribution in [0.25, 0.3) is 11.3 Å². The first-order valence-corrected chi connectivity index (χ1v) is 9.55. The molecule has 0 spiro atoms. The molecule has 26 heavy (non-hydrogen) atoms. The number of piperidine rings is 1. The Hall–Kier alpha value is -2.14. The molecule has 1 aliphatic rings. The summed E-state index contributed by atoms with van der Waals surface area (Å²) in [7, 11) is 3.51. The number of hydrogen-bond donors (Lipinski definition) is 1. The van der Waals surface area contributed by atoms with Crippen LogP contribution in [0.4, 0.5) is 0 Å². The Bertz CT molecular complexity index is 715. The number of ether oxygens (including phenoxy) is 1. The highest BCUT2D eigenvalue weighted by Gasteiger charge is 2.15. The third-order valence-electron chi connectivity index (χ3n) is 5.30. The molecule has 0 radical (unpaired) electrons. The van der Waals surface area contributed by atoms with E-state index in [4.69, 9.17) is 9.72 Å². The van der Waals surface area contributed by atoms with Crippen LogP contribution in [-0.4, -0.2) is 35.7 Å². The summed E-state index contributed by atoms with van der Waals surface area (Å²) in [6.07, 6.45) is 8.06. The number of aryl methyl sites for hydroxylation is 3. The van der Waals surface area contributed by atoms with Crippen molar-refractivity contribution in [2.75, 3.05) is 20.2 Å². The van der Waals surface area contributed by atoms with E-state index in [1.807, 2.05) is 0 Å². The number of rotatable bonds is 7. The highest BCUT2D eigenvalue weighted by atomic mass is 16.5. The molecule has 1 N–H and O–H groups in total. The van der Waals surface area contributed by atoms with Gasteiger partial charge >= 0.3 is 5.97 Å². The van der Waals surface area contributed by atoms with Crippen LogP contribution in [0.1, 0.15) is 37.1 Å². The quantitative estimate of drug-likeness (QED) is 0.776. The molecule has 1 aromatic carbocycles. The summed E-state index contributed by atoms with van der Waals surface area (Å²) >= 11 is 0. The maximum atomic E-state index is 11.3. The predicted octanol–water partition coefficient (Wildman–Crippen LogP) is 3.12. The van der Waals surface area contributed by atoms with Crippen molar-refractivity contribution < 1.29 is 9.53 Å². The molecule has 5 nitrogen and oxygen atoms in total. The minimum absolute atomic E-state index is 0.169. The maximum absolute atomic E-state index is 11.3. The van der Waals surface area contributed by atoms with Crippen LogP contribution in [-0.2, 0) is 29.4 Å². The number of benzene rings is 1. The van der Waals surface area contributed by atoms with Gasteiger partial charge in [0.15, 0.2) is 0 Å². The molecule has 0 bridgehead atoms. The van der Waals surface area contributed by atoms with E-state index >= 15 is 0 Å². The predicted molar refractivity (Wildman–Crippen MR) is 103 cm³/mol. The molecule has 0 amide bonds. The average Bonchev–Trinajstić information content (AvgIpc) is 3.06. The number of carbonyl (C=O) groups excluding carboxylic acids is 1. The summed E-state index contributed by atoms with van der Waals surface area (Å²) < 4.78 is 6.85. The average molecular weight is 355 g/mol. The van der Waals surface area contributed by atoms with E-state index in [2.05, 4.69) is 47.4 Å². The van der Waals surface area contributed by atoms with Gasteiger partial charge in [0.1, 0.15) is 5.82 Å². The molecule has 0 unspecified atom stereocenters. The van der Waals surface area contributed by atoms with Gasteiger partial charge in [-0.25, -0.2) is 4.98 Å². The Morgan fingerprint density at radius 2 is 1.96 bits per heavy atom. The van der Waals surface area contributed by atoms with Gasteiger partial charge in [0.2, 0.25) is 0 Å². The number of carbonyl (C=O) groups is 1. The van der Waals surface area contributed by atoms with E-state index < -0.39 is 0 Å². The van der Waals surface area contributed by atoms with Gasteiger partial charge in [0.25, 0.3) is 0 Å². The van der Waals surface area contributed by atoms with Gasteiger partial charge in [-0.3, -0.25) is 4.79 Å². The number of esters is 1. The summed E-state index contributed by atoms with van der Waals surface area (Å²) in [6.45, 7) is 2.30. The molecule has 2 aromatic rings. The molecule has 0 aliphatic carbocycles. The van der Waals surface area contributed by atoms with E-state index in [9.17, 15) is 4.79 Å². The van der Waals surface area contributed by atoms with Crippen molar-refractivity contribution >= 4 is 5.97 Å². The fraction of sp³-hybridized carbons (Fsp3) is 0.524. The topological polar surface area (TPSA) is 56.1 Å². The number of methoxy groups -OCH3 is 1. The van der Waals surface area contributed by atoms with Crippen molar-refractivity contribution in [2.45, 2.75) is 38.5 Å². The summed E-state index contributed by atoms with van der Waals surface area (Å²) in [5, 5.41) is 3.43. The molecule has 3 rings (SSSR count). The highest BCUT2D eigenvalue weighted by Crippen LogP contribution is 2.22. The van der Waals surface area contributed by atoms with Gasteiger partial charge in [-0.1, -0.05) is 24.3 Å². The van der Waals surface area contributed by atoms with E-state index in [0.29, 0.717) is 12.8 Å². The molecule has 1 aliphatic heterocycles. The summed E-state index contributed by atoms with van der Waals surface area (Å²) in [4.78, 5) is 16.1.